The lowest BCUT2D eigenvalue weighted by Crippen LogP contribution is -2.07. The zero-order valence-corrected chi connectivity index (χ0v) is 18.6. The third-order valence-electron chi connectivity index (χ3n) is 3.64. The fraction of sp³-hybridized carbons (Fsp3) is 0.286. The maximum absolute atomic E-state index is 11.4. The van der Waals surface area contributed by atoms with Crippen molar-refractivity contribution in [3.8, 4) is 5.75 Å². The van der Waals surface area contributed by atoms with Gasteiger partial charge in [0.25, 0.3) is 0 Å². The van der Waals surface area contributed by atoms with E-state index in [1.54, 1.807) is 13.1 Å². The first-order chi connectivity index (χ1) is 14.1. The lowest BCUT2D eigenvalue weighted by atomic mass is 10.2. The number of benzene rings is 2. The van der Waals surface area contributed by atoms with Gasteiger partial charge >= 0.3 is 5.97 Å². The van der Waals surface area contributed by atoms with Crippen LogP contribution in [0.1, 0.15) is 30.9 Å². The first-order valence-corrected chi connectivity index (χ1v) is 11.0. The second kappa shape index (κ2) is 13.0. The Balaban J connectivity index is 1.89. The minimum atomic E-state index is -0.216. The summed E-state index contributed by atoms with van der Waals surface area (Å²) in [5.41, 5.74) is 7.86. The van der Waals surface area contributed by atoms with Crippen LogP contribution < -0.4 is 10.5 Å². The third-order valence-corrected chi connectivity index (χ3v) is 4.99. The Kier molecular flexibility index (Phi) is 10.3. The average Bonchev–Trinajstić information content (AvgIpc) is 2.72. The molecule has 0 aliphatic carbocycles. The lowest BCUT2D eigenvalue weighted by molar-refractivity contribution is -0.143. The van der Waals surface area contributed by atoms with Crippen LogP contribution in [0.2, 0.25) is 0 Å². The van der Waals surface area contributed by atoms with Crippen molar-refractivity contribution in [3.05, 3.63) is 64.1 Å². The number of hydrogen-bond donors (Lipinski definition) is 1. The number of carbonyl (C=O) groups excluding carboxylic acids is 1. The fourth-order valence-electron chi connectivity index (χ4n) is 2.29. The normalized spacial score (nSPS) is 11.6. The van der Waals surface area contributed by atoms with Crippen LogP contribution in [0.3, 0.4) is 0 Å². The third kappa shape index (κ3) is 9.15. The van der Waals surface area contributed by atoms with E-state index < -0.39 is 0 Å². The molecule has 2 rings (SSSR count). The summed E-state index contributed by atoms with van der Waals surface area (Å²) in [6.07, 6.45) is 2.50. The van der Waals surface area contributed by atoms with E-state index in [4.69, 9.17) is 15.2 Å². The van der Waals surface area contributed by atoms with E-state index >= 15 is 0 Å². The second-order valence-electron chi connectivity index (χ2n) is 5.90. The maximum atomic E-state index is 11.4. The van der Waals surface area contributed by atoms with Crippen LogP contribution in [0.25, 0.3) is 0 Å². The zero-order chi connectivity index (χ0) is 20.9. The monoisotopic (exact) mass is 477 g/mol. The number of thioether (sulfide) groups is 1. The van der Waals surface area contributed by atoms with Crippen molar-refractivity contribution in [2.24, 2.45) is 15.9 Å². The van der Waals surface area contributed by atoms with Crippen LogP contribution >= 0.6 is 27.7 Å². The predicted molar refractivity (Wildman–Crippen MR) is 122 cm³/mol. The number of nitrogens with two attached hydrogens (primary N) is 1. The number of hydrogen-bond acceptors (Lipinski definition) is 6. The Hall–Kier alpha value is -2.32. The SMILES string of the molecule is CCOC(=O)CCCOc1ccc(Br)cc1C=NN=C(N)SCc1ccccc1. The average molecular weight is 478 g/mol. The molecule has 0 spiro atoms. The summed E-state index contributed by atoms with van der Waals surface area (Å²) in [5, 5.41) is 8.50. The molecule has 8 heteroatoms. The zero-order valence-electron chi connectivity index (χ0n) is 16.2. The van der Waals surface area contributed by atoms with Crippen molar-refractivity contribution >= 4 is 45.0 Å². The number of halogens is 1. The van der Waals surface area contributed by atoms with Crippen LogP contribution in [-0.2, 0) is 15.3 Å². The fourth-order valence-corrected chi connectivity index (χ4v) is 3.28. The van der Waals surface area contributed by atoms with Crippen molar-refractivity contribution in [2.75, 3.05) is 13.2 Å². The molecule has 0 bridgehead atoms. The van der Waals surface area contributed by atoms with E-state index in [2.05, 4.69) is 26.1 Å². The maximum Gasteiger partial charge on any atom is 0.305 e. The van der Waals surface area contributed by atoms with Gasteiger partial charge < -0.3 is 15.2 Å². The Labute approximate surface area is 183 Å². The molecule has 2 aromatic carbocycles. The predicted octanol–water partition coefficient (Wildman–Crippen LogP) is 4.75. The lowest BCUT2D eigenvalue weighted by Gasteiger charge is -2.09. The largest absolute Gasteiger partial charge is 0.493 e. The van der Waals surface area contributed by atoms with Gasteiger partial charge in [0.05, 0.1) is 19.4 Å². The first-order valence-electron chi connectivity index (χ1n) is 9.19. The van der Waals surface area contributed by atoms with Gasteiger partial charge in [0.2, 0.25) is 0 Å². The number of esters is 1. The smallest absolute Gasteiger partial charge is 0.305 e. The molecule has 0 heterocycles. The Morgan fingerprint density at radius 3 is 2.79 bits per heavy atom. The Bertz CT molecular complexity index is 844. The van der Waals surface area contributed by atoms with E-state index in [1.165, 1.54) is 17.3 Å². The molecule has 0 aliphatic rings. The molecule has 0 atom stereocenters. The standard InChI is InChI=1S/C21H24BrN3O3S/c1-2-27-20(26)9-6-12-28-19-11-10-18(22)13-17(19)14-24-25-21(23)29-15-16-7-4-3-5-8-16/h3-5,7-8,10-11,13-14H,2,6,9,12,15H2,1H3,(H2,23,25). The molecule has 0 saturated carbocycles. The van der Waals surface area contributed by atoms with E-state index in [1.807, 2.05) is 48.5 Å². The molecule has 0 amide bonds. The Morgan fingerprint density at radius 1 is 1.24 bits per heavy atom. The van der Waals surface area contributed by atoms with Crippen molar-refractivity contribution in [3.63, 3.8) is 0 Å². The molecule has 154 valence electrons. The molecule has 0 saturated heterocycles. The second-order valence-corrected chi connectivity index (χ2v) is 7.81. The Morgan fingerprint density at radius 2 is 2.03 bits per heavy atom. The van der Waals surface area contributed by atoms with Gasteiger partial charge in [-0.3, -0.25) is 4.79 Å². The van der Waals surface area contributed by atoms with Crippen molar-refractivity contribution in [1.29, 1.82) is 0 Å². The molecule has 0 aromatic heterocycles. The van der Waals surface area contributed by atoms with Crippen molar-refractivity contribution in [2.45, 2.75) is 25.5 Å². The van der Waals surface area contributed by atoms with Crippen molar-refractivity contribution in [1.82, 2.24) is 0 Å². The van der Waals surface area contributed by atoms with Gasteiger partial charge in [-0.1, -0.05) is 58.0 Å². The minimum Gasteiger partial charge on any atom is -0.493 e. The highest BCUT2D eigenvalue weighted by molar-refractivity contribution is 9.10. The summed E-state index contributed by atoms with van der Waals surface area (Å²) in [6.45, 7) is 2.58. The van der Waals surface area contributed by atoms with Crippen LogP contribution in [0.4, 0.5) is 0 Å². The number of ether oxygens (including phenoxy) is 2. The van der Waals surface area contributed by atoms with Crippen LogP contribution in [0.15, 0.2) is 63.2 Å². The van der Waals surface area contributed by atoms with E-state index in [-0.39, 0.29) is 5.97 Å². The summed E-state index contributed by atoms with van der Waals surface area (Å²) in [6, 6.07) is 15.6. The molecular weight excluding hydrogens is 454 g/mol. The van der Waals surface area contributed by atoms with Gasteiger partial charge in [0.15, 0.2) is 5.17 Å². The summed E-state index contributed by atoms with van der Waals surface area (Å²) in [5.74, 6) is 1.18. The quantitative estimate of drug-likeness (QED) is 0.175. The molecule has 2 aromatic rings. The van der Waals surface area contributed by atoms with Gasteiger partial charge in [0, 0.05) is 22.2 Å². The summed E-state index contributed by atoms with van der Waals surface area (Å²) < 4.78 is 11.6. The van der Waals surface area contributed by atoms with Crippen LogP contribution in [0, 0.1) is 0 Å². The highest BCUT2D eigenvalue weighted by Crippen LogP contribution is 2.22. The van der Waals surface area contributed by atoms with Gasteiger partial charge in [-0.25, -0.2) is 0 Å². The number of nitrogens with zero attached hydrogens (tertiary/aromatic N) is 2. The van der Waals surface area contributed by atoms with Gasteiger partial charge in [0.1, 0.15) is 5.75 Å². The van der Waals surface area contributed by atoms with Gasteiger partial charge in [-0.15, -0.1) is 5.10 Å². The molecule has 6 nitrogen and oxygen atoms in total. The molecular formula is C21H24BrN3O3S. The van der Waals surface area contributed by atoms with Crippen LogP contribution in [-0.4, -0.2) is 30.6 Å². The molecule has 0 fully saturated rings. The highest BCUT2D eigenvalue weighted by atomic mass is 79.9. The summed E-state index contributed by atoms with van der Waals surface area (Å²) >= 11 is 4.87. The first kappa shape index (κ1) is 23.0. The van der Waals surface area contributed by atoms with Gasteiger partial charge in [-0.2, -0.15) is 5.10 Å². The highest BCUT2D eigenvalue weighted by Gasteiger charge is 2.05. The minimum absolute atomic E-state index is 0.216. The molecule has 0 aliphatic heterocycles. The van der Waals surface area contributed by atoms with Gasteiger partial charge in [-0.05, 0) is 37.1 Å². The molecule has 0 radical (unpaired) electrons. The number of carbonyl (C=O) groups is 1. The van der Waals surface area contributed by atoms with E-state index in [0.29, 0.717) is 37.0 Å². The summed E-state index contributed by atoms with van der Waals surface area (Å²) in [7, 11) is 0. The number of rotatable bonds is 10. The van der Waals surface area contributed by atoms with E-state index in [0.717, 1.165) is 15.8 Å². The van der Waals surface area contributed by atoms with Crippen molar-refractivity contribution < 1.29 is 14.3 Å². The topological polar surface area (TPSA) is 86.3 Å². The molecule has 0 unspecified atom stereocenters. The number of amidine groups is 1. The van der Waals surface area contributed by atoms with Crippen LogP contribution in [0.5, 0.6) is 5.75 Å². The summed E-state index contributed by atoms with van der Waals surface area (Å²) in [4.78, 5) is 11.4. The van der Waals surface area contributed by atoms with E-state index in [9.17, 15) is 4.79 Å². The molecule has 2 N–H and O–H groups in total. The molecule has 29 heavy (non-hydrogen) atoms.